The lowest BCUT2D eigenvalue weighted by Gasteiger charge is -2.22. The van der Waals surface area contributed by atoms with Crippen molar-refractivity contribution in [3.05, 3.63) is 21.9 Å². The second-order valence-corrected chi connectivity index (χ2v) is 5.85. The summed E-state index contributed by atoms with van der Waals surface area (Å²) in [5, 5.41) is 10.6. The van der Waals surface area contributed by atoms with Crippen LogP contribution in [0.15, 0.2) is 10.8 Å². The van der Waals surface area contributed by atoms with Crippen LogP contribution >= 0.6 is 11.3 Å². The Morgan fingerprint density at radius 2 is 2.44 bits per heavy atom. The molecular weight excluding hydrogens is 244 g/mol. The molecule has 0 saturated carbocycles. The average Bonchev–Trinajstić information content (AvgIpc) is 2.81. The molecule has 1 aromatic rings. The molecule has 1 amide bonds. The summed E-state index contributed by atoms with van der Waals surface area (Å²) in [6.07, 6.45) is 4.20. The molecule has 2 N–H and O–H groups in total. The third-order valence-electron chi connectivity index (χ3n) is 3.62. The van der Waals surface area contributed by atoms with Crippen LogP contribution in [0.1, 0.15) is 36.8 Å². The maximum Gasteiger partial charge on any atom is 0.220 e. The van der Waals surface area contributed by atoms with Crippen molar-refractivity contribution in [2.75, 3.05) is 13.1 Å². The number of carbonyl (C=O) groups excluding carboxylic acids is 1. The molecule has 2 heterocycles. The van der Waals surface area contributed by atoms with Gasteiger partial charge < -0.3 is 10.6 Å². The monoisotopic (exact) mass is 266 g/mol. The summed E-state index contributed by atoms with van der Waals surface area (Å²) in [6.45, 7) is 4.99. The minimum absolute atomic E-state index is 0.186. The van der Waals surface area contributed by atoms with Crippen molar-refractivity contribution in [2.45, 2.75) is 39.2 Å². The molecule has 1 unspecified atom stereocenters. The molecule has 3 nitrogen and oxygen atoms in total. The molecule has 1 atom stereocenters. The molecule has 0 aromatic carbocycles. The number of thiophene rings is 1. The summed E-state index contributed by atoms with van der Waals surface area (Å²) in [6, 6.07) is 0. The Morgan fingerprint density at radius 1 is 1.56 bits per heavy atom. The van der Waals surface area contributed by atoms with Crippen molar-refractivity contribution < 1.29 is 4.79 Å². The molecule has 0 bridgehead atoms. The van der Waals surface area contributed by atoms with Gasteiger partial charge in [0.1, 0.15) is 0 Å². The SMILES string of the molecule is Cc1cscc1CNC(=O)CCC1CCCNC1. The van der Waals surface area contributed by atoms with Crippen molar-refractivity contribution in [1.82, 2.24) is 10.6 Å². The molecule has 1 aromatic heterocycles. The van der Waals surface area contributed by atoms with Crippen LogP contribution < -0.4 is 10.6 Å². The van der Waals surface area contributed by atoms with Crippen molar-refractivity contribution >= 4 is 17.2 Å². The lowest BCUT2D eigenvalue weighted by Crippen LogP contribution is -2.31. The van der Waals surface area contributed by atoms with Crippen LogP contribution in [0, 0.1) is 12.8 Å². The van der Waals surface area contributed by atoms with E-state index in [9.17, 15) is 4.79 Å². The zero-order valence-corrected chi connectivity index (χ0v) is 11.8. The van der Waals surface area contributed by atoms with Gasteiger partial charge in [-0.3, -0.25) is 4.79 Å². The minimum atomic E-state index is 0.186. The summed E-state index contributed by atoms with van der Waals surface area (Å²) < 4.78 is 0. The highest BCUT2D eigenvalue weighted by atomic mass is 32.1. The third kappa shape index (κ3) is 4.10. The van der Waals surface area contributed by atoms with Gasteiger partial charge >= 0.3 is 0 Å². The highest BCUT2D eigenvalue weighted by Crippen LogP contribution is 2.16. The first-order valence-corrected chi connectivity index (χ1v) is 7.69. The predicted octanol–water partition coefficient (Wildman–Crippen LogP) is 2.45. The number of nitrogens with one attached hydrogen (secondary N) is 2. The van der Waals surface area contributed by atoms with Gasteiger partial charge in [0.2, 0.25) is 5.91 Å². The van der Waals surface area contributed by atoms with Crippen molar-refractivity contribution in [1.29, 1.82) is 0 Å². The van der Waals surface area contributed by atoms with E-state index in [1.165, 1.54) is 24.0 Å². The molecule has 0 radical (unpaired) electrons. The first-order chi connectivity index (χ1) is 8.75. The van der Waals surface area contributed by atoms with Crippen LogP contribution in [0.2, 0.25) is 0 Å². The van der Waals surface area contributed by atoms with Crippen LogP contribution in [0.5, 0.6) is 0 Å². The van der Waals surface area contributed by atoms with Crippen LogP contribution in [0.3, 0.4) is 0 Å². The molecule has 0 aliphatic carbocycles. The molecule has 1 aliphatic rings. The molecule has 18 heavy (non-hydrogen) atoms. The van der Waals surface area contributed by atoms with E-state index in [2.05, 4.69) is 28.3 Å². The molecular formula is C14H22N2OS. The van der Waals surface area contributed by atoms with Crippen molar-refractivity contribution in [3.63, 3.8) is 0 Å². The van der Waals surface area contributed by atoms with Gasteiger partial charge in [0.05, 0.1) is 0 Å². The Balaban J connectivity index is 1.64. The van der Waals surface area contributed by atoms with Gasteiger partial charge in [0.25, 0.3) is 0 Å². The maximum absolute atomic E-state index is 11.8. The fraction of sp³-hybridized carbons (Fsp3) is 0.643. The van der Waals surface area contributed by atoms with Gasteiger partial charge in [-0.05, 0) is 67.1 Å². The number of carbonyl (C=O) groups is 1. The lowest BCUT2D eigenvalue weighted by atomic mass is 9.94. The molecule has 4 heteroatoms. The lowest BCUT2D eigenvalue weighted by molar-refractivity contribution is -0.121. The summed E-state index contributed by atoms with van der Waals surface area (Å²) in [4.78, 5) is 11.8. The highest BCUT2D eigenvalue weighted by molar-refractivity contribution is 7.08. The van der Waals surface area contributed by atoms with E-state index in [-0.39, 0.29) is 5.91 Å². The number of amides is 1. The van der Waals surface area contributed by atoms with Crippen molar-refractivity contribution in [3.8, 4) is 0 Å². The molecule has 1 aliphatic heterocycles. The molecule has 2 rings (SSSR count). The standard InChI is InChI=1S/C14H22N2OS/c1-11-9-18-10-13(11)8-16-14(17)5-4-12-3-2-6-15-7-12/h9-10,12,15H,2-8H2,1H3,(H,16,17). The molecule has 0 spiro atoms. The third-order valence-corrected chi connectivity index (χ3v) is 4.53. The highest BCUT2D eigenvalue weighted by Gasteiger charge is 2.14. The Kier molecular flexibility index (Phi) is 5.20. The fourth-order valence-corrected chi connectivity index (χ4v) is 3.21. The zero-order valence-electron chi connectivity index (χ0n) is 11.0. The second kappa shape index (κ2) is 6.90. The Bertz CT molecular complexity index is 383. The quantitative estimate of drug-likeness (QED) is 0.859. The van der Waals surface area contributed by atoms with Crippen LogP contribution in [-0.4, -0.2) is 19.0 Å². The number of piperidine rings is 1. The fourth-order valence-electron chi connectivity index (χ4n) is 2.36. The van der Waals surface area contributed by atoms with Gasteiger partial charge in [0, 0.05) is 13.0 Å². The van der Waals surface area contributed by atoms with E-state index in [1.54, 1.807) is 11.3 Å². The smallest absolute Gasteiger partial charge is 0.220 e. The average molecular weight is 266 g/mol. The molecule has 1 saturated heterocycles. The summed E-state index contributed by atoms with van der Waals surface area (Å²) in [7, 11) is 0. The summed E-state index contributed by atoms with van der Waals surface area (Å²) in [5.41, 5.74) is 2.52. The van der Waals surface area contributed by atoms with E-state index in [1.807, 2.05) is 0 Å². The minimum Gasteiger partial charge on any atom is -0.352 e. The van der Waals surface area contributed by atoms with Gasteiger partial charge in [-0.25, -0.2) is 0 Å². The zero-order chi connectivity index (χ0) is 12.8. The Labute approximate surface area is 113 Å². The Morgan fingerprint density at radius 3 is 3.11 bits per heavy atom. The van der Waals surface area contributed by atoms with E-state index < -0.39 is 0 Å². The largest absolute Gasteiger partial charge is 0.352 e. The van der Waals surface area contributed by atoms with E-state index >= 15 is 0 Å². The maximum atomic E-state index is 11.8. The van der Waals surface area contributed by atoms with E-state index in [0.717, 1.165) is 19.5 Å². The number of aryl methyl sites for hydroxylation is 1. The number of rotatable bonds is 5. The summed E-state index contributed by atoms with van der Waals surface area (Å²) >= 11 is 1.69. The normalized spacial score (nSPS) is 19.7. The topological polar surface area (TPSA) is 41.1 Å². The van der Waals surface area contributed by atoms with Gasteiger partial charge in [-0.1, -0.05) is 0 Å². The second-order valence-electron chi connectivity index (χ2n) is 5.11. The molecule has 1 fully saturated rings. The summed E-state index contributed by atoms with van der Waals surface area (Å²) in [5.74, 6) is 0.874. The first-order valence-electron chi connectivity index (χ1n) is 6.75. The van der Waals surface area contributed by atoms with Crippen LogP contribution in [0.4, 0.5) is 0 Å². The van der Waals surface area contributed by atoms with Crippen LogP contribution in [0.25, 0.3) is 0 Å². The Hall–Kier alpha value is -0.870. The molecule has 100 valence electrons. The van der Waals surface area contributed by atoms with Gasteiger partial charge in [-0.15, -0.1) is 0 Å². The van der Waals surface area contributed by atoms with Crippen molar-refractivity contribution in [2.24, 2.45) is 5.92 Å². The first kappa shape index (κ1) is 13.6. The van der Waals surface area contributed by atoms with Gasteiger partial charge in [-0.2, -0.15) is 11.3 Å². The van der Waals surface area contributed by atoms with Crippen LogP contribution in [-0.2, 0) is 11.3 Å². The predicted molar refractivity (Wildman–Crippen MR) is 75.7 cm³/mol. The number of hydrogen-bond donors (Lipinski definition) is 2. The van der Waals surface area contributed by atoms with Gasteiger partial charge in [0.15, 0.2) is 0 Å². The number of hydrogen-bond acceptors (Lipinski definition) is 3. The van der Waals surface area contributed by atoms with E-state index in [0.29, 0.717) is 18.9 Å². The van der Waals surface area contributed by atoms with E-state index in [4.69, 9.17) is 0 Å².